The Hall–Kier alpha value is -3.46. The summed E-state index contributed by atoms with van der Waals surface area (Å²) >= 11 is 0. The normalized spacial score (nSPS) is 29.7. The van der Waals surface area contributed by atoms with Gasteiger partial charge in [-0.25, -0.2) is 28.9 Å². The van der Waals surface area contributed by atoms with Crippen LogP contribution < -0.4 is 5.32 Å². The zero-order valence-corrected chi connectivity index (χ0v) is 17.2. The SMILES string of the molecule is C#C[C@@]12OC(=O)O[C@@H]1[C@@](F)(CC)O[C@H]2n1cnc2c(NC(=O)OC(C)(C)C)ncnc21. The quantitative estimate of drug-likeness (QED) is 0.574. The molecule has 0 unspecified atom stereocenters. The molecule has 4 heterocycles. The summed E-state index contributed by atoms with van der Waals surface area (Å²) in [5.41, 5.74) is -2.28. The number of nitrogens with zero attached hydrogens (tertiary/aromatic N) is 4. The van der Waals surface area contributed by atoms with Gasteiger partial charge in [0.2, 0.25) is 6.10 Å². The summed E-state index contributed by atoms with van der Waals surface area (Å²) < 4.78 is 37.8. The van der Waals surface area contributed by atoms with Crippen LogP contribution in [0, 0.1) is 12.3 Å². The molecule has 12 heteroatoms. The summed E-state index contributed by atoms with van der Waals surface area (Å²) in [6.07, 6.45) is 3.29. The fourth-order valence-corrected chi connectivity index (χ4v) is 3.55. The Bertz CT molecular complexity index is 1110. The van der Waals surface area contributed by atoms with E-state index in [1.165, 1.54) is 24.1 Å². The number of ether oxygens (including phenoxy) is 4. The van der Waals surface area contributed by atoms with Gasteiger partial charge in [0, 0.05) is 6.42 Å². The lowest BCUT2D eigenvalue weighted by molar-refractivity contribution is -0.193. The highest BCUT2D eigenvalue weighted by atomic mass is 19.2. The Morgan fingerprint density at radius 3 is 2.81 bits per heavy atom. The van der Waals surface area contributed by atoms with E-state index in [2.05, 4.69) is 26.2 Å². The number of fused-ring (bicyclic) bond motifs is 2. The van der Waals surface area contributed by atoms with E-state index < -0.39 is 41.6 Å². The van der Waals surface area contributed by atoms with Crippen LogP contribution in [0.25, 0.3) is 11.2 Å². The van der Waals surface area contributed by atoms with Crippen molar-refractivity contribution in [3.8, 4) is 12.3 Å². The van der Waals surface area contributed by atoms with Gasteiger partial charge in [-0.15, -0.1) is 6.42 Å². The van der Waals surface area contributed by atoms with Gasteiger partial charge in [-0.2, -0.15) is 0 Å². The molecule has 2 aliphatic rings. The smallest absolute Gasteiger partial charge is 0.444 e. The summed E-state index contributed by atoms with van der Waals surface area (Å²) in [4.78, 5) is 36.3. The third-order valence-corrected chi connectivity index (χ3v) is 4.86. The van der Waals surface area contributed by atoms with Gasteiger partial charge in [-0.3, -0.25) is 9.88 Å². The largest absolute Gasteiger partial charge is 0.510 e. The van der Waals surface area contributed by atoms with Crippen LogP contribution in [0.1, 0.15) is 40.3 Å². The zero-order valence-electron chi connectivity index (χ0n) is 17.2. The fraction of sp³-hybridized carbons (Fsp3) is 0.526. The molecule has 0 bridgehead atoms. The highest BCUT2D eigenvalue weighted by molar-refractivity contribution is 5.93. The molecule has 2 saturated heterocycles. The molecule has 2 fully saturated rings. The van der Waals surface area contributed by atoms with Gasteiger partial charge in [0.05, 0.1) is 6.33 Å². The Morgan fingerprint density at radius 2 is 2.16 bits per heavy atom. The van der Waals surface area contributed by atoms with Crippen molar-refractivity contribution in [1.82, 2.24) is 19.5 Å². The van der Waals surface area contributed by atoms with Gasteiger partial charge in [-0.05, 0) is 26.7 Å². The molecule has 0 spiro atoms. The van der Waals surface area contributed by atoms with Gasteiger partial charge >= 0.3 is 12.2 Å². The van der Waals surface area contributed by atoms with E-state index in [0.717, 1.165) is 0 Å². The number of halogens is 1. The molecule has 2 aromatic rings. The van der Waals surface area contributed by atoms with Crippen molar-refractivity contribution in [3.05, 3.63) is 12.7 Å². The molecule has 0 radical (unpaired) electrons. The number of carbonyl (C=O) groups excluding carboxylic acids is 2. The van der Waals surface area contributed by atoms with Gasteiger partial charge in [0.15, 0.2) is 23.2 Å². The average molecular weight is 433 g/mol. The Kier molecular flexibility index (Phi) is 4.55. The average Bonchev–Trinajstić information content (AvgIpc) is 3.32. The lowest BCUT2D eigenvalue weighted by Gasteiger charge is -2.24. The van der Waals surface area contributed by atoms with E-state index in [0.29, 0.717) is 0 Å². The van der Waals surface area contributed by atoms with E-state index in [4.69, 9.17) is 25.4 Å². The molecule has 0 saturated carbocycles. The van der Waals surface area contributed by atoms with Crippen molar-refractivity contribution in [2.45, 2.75) is 63.5 Å². The first-order valence-corrected chi connectivity index (χ1v) is 9.44. The minimum Gasteiger partial charge on any atom is -0.444 e. The Morgan fingerprint density at radius 1 is 1.42 bits per heavy atom. The first-order chi connectivity index (χ1) is 14.5. The minimum atomic E-state index is -2.38. The van der Waals surface area contributed by atoms with E-state index in [9.17, 15) is 9.59 Å². The number of nitrogens with one attached hydrogen (secondary N) is 1. The minimum absolute atomic E-state index is 0.0592. The molecular formula is C19H20FN5O6. The van der Waals surface area contributed by atoms with E-state index >= 15 is 4.39 Å². The van der Waals surface area contributed by atoms with Crippen molar-refractivity contribution in [2.75, 3.05) is 5.32 Å². The maximum Gasteiger partial charge on any atom is 0.510 e. The zero-order chi connectivity index (χ0) is 22.6. The number of hydrogen-bond acceptors (Lipinski definition) is 9. The first kappa shape index (κ1) is 20.8. The molecule has 2 aliphatic heterocycles. The lowest BCUT2D eigenvalue weighted by atomic mass is 9.92. The molecule has 11 nitrogen and oxygen atoms in total. The van der Waals surface area contributed by atoms with Gasteiger partial charge < -0.3 is 18.9 Å². The van der Waals surface area contributed by atoms with Crippen LogP contribution in [-0.4, -0.2) is 54.9 Å². The molecule has 1 N–H and O–H groups in total. The topological polar surface area (TPSA) is 127 Å². The number of anilines is 1. The Labute approximate surface area is 176 Å². The summed E-state index contributed by atoms with van der Waals surface area (Å²) in [7, 11) is 0. The van der Waals surface area contributed by atoms with Crippen molar-refractivity contribution in [2.24, 2.45) is 0 Å². The maximum absolute atomic E-state index is 15.4. The van der Waals surface area contributed by atoms with Crippen LogP contribution in [0.2, 0.25) is 0 Å². The van der Waals surface area contributed by atoms with Crippen molar-refractivity contribution >= 4 is 29.2 Å². The second-order valence-electron chi connectivity index (χ2n) is 8.07. The van der Waals surface area contributed by atoms with Crippen LogP contribution in [0.4, 0.5) is 19.8 Å². The number of imidazole rings is 1. The van der Waals surface area contributed by atoms with E-state index in [-0.39, 0.29) is 23.4 Å². The molecule has 2 aromatic heterocycles. The molecule has 4 rings (SSSR count). The van der Waals surface area contributed by atoms with Crippen LogP contribution in [0.3, 0.4) is 0 Å². The second kappa shape index (κ2) is 6.78. The van der Waals surface area contributed by atoms with Crippen molar-refractivity contribution < 1.29 is 32.9 Å². The molecule has 1 amide bonds. The number of hydrogen-bond donors (Lipinski definition) is 1. The van der Waals surface area contributed by atoms with Crippen molar-refractivity contribution in [1.29, 1.82) is 0 Å². The molecule has 164 valence electrons. The van der Waals surface area contributed by atoms with E-state index in [1.54, 1.807) is 20.8 Å². The third-order valence-electron chi connectivity index (χ3n) is 4.86. The summed E-state index contributed by atoms with van der Waals surface area (Å²) in [5.74, 6) is -0.00514. The van der Waals surface area contributed by atoms with Gasteiger partial charge in [0.1, 0.15) is 11.9 Å². The number of terminal acetylenes is 1. The van der Waals surface area contributed by atoms with Crippen molar-refractivity contribution in [3.63, 3.8) is 0 Å². The monoisotopic (exact) mass is 433 g/mol. The molecular weight excluding hydrogens is 413 g/mol. The predicted molar refractivity (Wildman–Crippen MR) is 102 cm³/mol. The second-order valence-corrected chi connectivity index (χ2v) is 8.07. The van der Waals surface area contributed by atoms with Crippen LogP contribution in [0.15, 0.2) is 12.7 Å². The predicted octanol–water partition coefficient (Wildman–Crippen LogP) is 2.69. The summed E-state index contributed by atoms with van der Waals surface area (Å²) in [5, 5.41) is 2.50. The van der Waals surface area contributed by atoms with Gasteiger partial charge in [0.25, 0.3) is 11.5 Å². The number of amides is 1. The summed E-state index contributed by atoms with van der Waals surface area (Å²) in [6, 6.07) is 0. The van der Waals surface area contributed by atoms with Crippen LogP contribution in [-0.2, 0) is 18.9 Å². The number of carbonyl (C=O) groups is 2. The number of alkyl halides is 1. The Balaban J connectivity index is 1.75. The van der Waals surface area contributed by atoms with Crippen LogP contribution in [0.5, 0.6) is 0 Å². The molecule has 0 aliphatic carbocycles. The first-order valence-electron chi connectivity index (χ1n) is 9.44. The molecule has 31 heavy (non-hydrogen) atoms. The highest BCUT2D eigenvalue weighted by Gasteiger charge is 2.73. The third kappa shape index (κ3) is 3.21. The maximum atomic E-state index is 15.4. The van der Waals surface area contributed by atoms with Crippen LogP contribution >= 0.6 is 0 Å². The van der Waals surface area contributed by atoms with E-state index in [1.807, 2.05) is 0 Å². The standard InChI is InChI=1S/C19H20FN5O6/c1-6-18-13(28-16(27)31-18)19(20,7-2)29-14(18)25-9-23-10-11(21-8-22-12(10)25)24-15(26)30-17(3,4)5/h1,8-9,13-14H,7H2,2-5H3,(H,21,22,24,26)/t13-,14+,18+,19+/m0/s1. The van der Waals surface area contributed by atoms with Gasteiger partial charge in [-0.1, -0.05) is 6.92 Å². The lowest BCUT2D eigenvalue weighted by Crippen LogP contribution is -2.46. The number of aromatic nitrogens is 4. The number of rotatable bonds is 3. The summed E-state index contributed by atoms with van der Waals surface area (Å²) in [6.45, 7) is 6.66. The molecule has 0 aromatic carbocycles. The highest BCUT2D eigenvalue weighted by Crippen LogP contribution is 2.53. The molecule has 4 atom stereocenters. The fourth-order valence-electron chi connectivity index (χ4n) is 3.55.